The first-order valence-corrected chi connectivity index (χ1v) is 5.74. The molecular weight excluding hydrogens is 192 g/mol. The number of hydrogen-bond donors (Lipinski definition) is 2. The lowest BCUT2D eigenvalue weighted by Gasteiger charge is -2.34. The second-order valence-electron chi connectivity index (χ2n) is 4.45. The first kappa shape index (κ1) is 12.5. The number of carbonyl (C=O) groups is 1. The smallest absolute Gasteiger partial charge is 0.249 e. The Labute approximate surface area is 91.5 Å². The van der Waals surface area contributed by atoms with E-state index in [2.05, 4.69) is 5.32 Å². The van der Waals surface area contributed by atoms with Crippen molar-refractivity contribution in [1.29, 1.82) is 0 Å². The molecule has 0 aromatic rings. The van der Waals surface area contributed by atoms with Crippen molar-refractivity contribution in [2.24, 2.45) is 5.73 Å². The van der Waals surface area contributed by atoms with Gasteiger partial charge in [-0.2, -0.15) is 0 Å². The Balaban J connectivity index is 2.21. The van der Waals surface area contributed by atoms with E-state index in [9.17, 15) is 4.79 Å². The van der Waals surface area contributed by atoms with Crippen molar-refractivity contribution < 1.29 is 9.53 Å². The molecule has 4 heteroatoms. The van der Waals surface area contributed by atoms with Crippen molar-refractivity contribution in [2.75, 3.05) is 0 Å². The highest BCUT2D eigenvalue weighted by atomic mass is 16.5. The van der Waals surface area contributed by atoms with Gasteiger partial charge in [0.25, 0.3) is 0 Å². The van der Waals surface area contributed by atoms with E-state index in [1.165, 1.54) is 0 Å². The summed E-state index contributed by atoms with van der Waals surface area (Å²) in [5.74, 6) is -0.0233. The van der Waals surface area contributed by atoms with Crippen LogP contribution in [0.5, 0.6) is 0 Å². The molecule has 0 aliphatic heterocycles. The highest BCUT2D eigenvalue weighted by Crippen LogP contribution is 2.22. The predicted octanol–water partition coefficient (Wildman–Crippen LogP) is 0.796. The lowest BCUT2D eigenvalue weighted by atomic mass is 9.90. The van der Waals surface area contributed by atoms with Gasteiger partial charge < -0.3 is 15.8 Å². The van der Waals surface area contributed by atoms with E-state index in [1.54, 1.807) is 6.92 Å². The summed E-state index contributed by atoms with van der Waals surface area (Å²) in [4.78, 5) is 11.6. The average molecular weight is 214 g/mol. The Morgan fingerprint density at radius 3 is 2.60 bits per heavy atom. The van der Waals surface area contributed by atoms with Gasteiger partial charge in [0.05, 0.1) is 6.10 Å². The summed E-state index contributed by atoms with van der Waals surface area (Å²) >= 11 is 0. The van der Waals surface area contributed by atoms with E-state index in [4.69, 9.17) is 10.5 Å². The molecule has 3 N–H and O–H groups in total. The highest BCUT2D eigenvalue weighted by Gasteiger charge is 2.30. The quantitative estimate of drug-likeness (QED) is 0.711. The van der Waals surface area contributed by atoms with E-state index >= 15 is 0 Å². The zero-order chi connectivity index (χ0) is 11.4. The van der Waals surface area contributed by atoms with Gasteiger partial charge in [0, 0.05) is 12.1 Å². The van der Waals surface area contributed by atoms with Gasteiger partial charge in [-0.3, -0.25) is 4.79 Å². The number of hydrogen-bond acceptors (Lipinski definition) is 3. The molecule has 2 atom stereocenters. The van der Waals surface area contributed by atoms with E-state index in [-0.39, 0.29) is 30.2 Å². The van der Waals surface area contributed by atoms with Crippen LogP contribution in [0.1, 0.15) is 40.0 Å². The molecule has 1 aliphatic carbocycles. The van der Waals surface area contributed by atoms with Crippen LogP contribution in [0.15, 0.2) is 0 Å². The molecule has 4 nitrogen and oxygen atoms in total. The summed E-state index contributed by atoms with van der Waals surface area (Å²) in [5, 5.41) is 2.90. The van der Waals surface area contributed by atoms with Crippen molar-refractivity contribution in [3.63, 3.8) is 0 Å². The van der Waals surface area contributed by atoms with E-state index in [0.717, 1.165) is 19.3 Å². The molecule has 0 aromatic heterocycles. The molecule has 1 amide bonds. The molecule has 0 spiro atoms. The second-order valence-corrected chi connectivity index (χ2v) is 4.45. The van der Waals surface area contributed by atoms with Crippen LogP contribution < -0.4 is 11.1 Å². The van der Waals surface area contributed by atoms with Crippen LogP contribution in [0.3, 0.4) is 0 Å². The summed E-state index contributed by atoms with van der Waals surface area (Å²) < 4.78 is 5.57. The monoisotopic (exact) mass is 214 g/mol. The summed E-state index contributed by atoms with van der Waals surface area (Å²) in [6.45, 7) is 5.83. The van der Waals surface area contributed by atoms with Crippen LogP contribution in [-0.2, 0) is 9.53 Å². The zero-order valence-corrected chi connectivity index (χ0v) is 9.82. The van der Waals surface area contributed by atoms with Crippen LogP contribution in [0.25, 0.3) is 0 Å². The SMILES string of the molecule is CCC(C)NC(=O)C(C)OC1CC(N)C1. The van der Waals surface area contributed by atoms with Gasteiger partial charge in [-0.15, -0.1) is 0 Å². The maximum Gasteiger partial charge on any atom is 0.249 e. The fourth-order valence-electron chi connectivity index (χ4n) is 1.53. The van der Waals surface area contributed by atoms with E-state index < -0.39 is 0 Å². The highest BCUT2D eigenvalue weighted by molar-refractivity contribution is 5.80. The number of ether oxygens (including phenoxy) is 1. The molecule has 0 radical (unpaired) electrons. The van der Waals surface area contributed by atoms with Crippen molar-refractivity contribution in [1.82, 2.24) is 5.32 Å². The fourth-order valence-corrected chi connectivity index (χ4v) is 1.53. The molecule has 1 aliphatic rings. The first-order valence-electron chi connectivity index (χ1n) is 5.74. The van der Waals surface area contributed by atoms with Gasteiger partial charge in [-0.05, 0) is 33.1 Å². The number of rotatable bonds is 5. The third kappa shape index (κ3) is 3.80. The molecule has 0 saturated heterocycles. The van der Waals surface area contributed by atoms with Gasteiger partial charge in [-0.1, -0.05) is 6.92 Å². The largest absolute Gasteiger partial charge is 0.365 e. The van der Waals surface area contributed by atoms with E-state index in [1.807, 2.05) is 13.8 Å². The number of amides is 1. The summed E-state index contributed by atoms with van der Waals surface area (Å²) in [6, 6.07) is 0.479. The Morgan fingerprint density at radius 2 is 2.13 bits per heavy atom. The first-order chi connectivity index (χ1) is 7.02. The standard InChI is InChI=1S/C11H22N2O2/c1-4-7(2)13-11(14)8(3)15-10-5-9(12)6-10/h7-10H,4-6,12H2,1-3H3,(H,13,14). The lowest BCUT2D eigenvalue weighted by molar-refractivity contribution is -0.140. The van der Waals surface area contributed by atoms with Crippen LogP contribution in [-0.4, -0.2) is 30.2 Å². The molecule has 1 rings (SSSR count). The van der Waals surface area contributed by atoms with Crippen LogP contribution in [0.4, 0.5) is 0 Å². The number of nitrogens with two attached hydrogens (primary N) is 1. The van der Waals surface area contributed by atoms with Gasteiger partial charge in [0.15, 0.2) is 0 Å². The molecule has 0 aromatic carbocycles. The maximum absolute atomic E-state index is 11.6. The van der Waals surface area contributed by atoms with Crippen LogP contribution >= 0.6 is 0 Å². The third-order valence-electron chi connectivity index (χ3n) is 2.90. The summed E-state index contributed by atoms with van der Waals surface area (Å²) in [5.41, 5.74) is 5.64. The minimum absolute atomic E-state index is 0.0233. The van der Waals surface area contributed by atoms with Crippen LogP contribution in [0.2, 0.25) is 0 Å². The second kappa shape index (κ2) is 5.47. The lowest BCUT2D eigenvalue weighted by Crippen LogP contribution is -2.47. The van der Waals surface area contributed by atoms with E-state index in [0.29, 0.717) is 0 Å². The van der Waals surface area contributed by atoms with Gasteiger partial charge in [-0.25, -0.2) is 0 Å². The minimum Gasteiger partial charge on any atom is -0.365 e. The van der Waals surface area contributed by atoms with Crippen molar-refractivity contribution in [3.05, 3.63) is 0 Å². The molecule has 1 saturated carbocycles. The van der Waals surface area contributed by atoms with Crippen molar-refractivity contribution >= 4 is 5.91 Å². The summed E-state index contributed by atoms with van der Waals surface area (Å²) in [6.07, 6.45) is 2.50. The van der Waals surface area contributed by atoms with Crippen molar-refractivity contribution in [3.8, 4) is 0 Å². The molecule has 1 fully saturated rings. The Kier molecular flexibility index (Phi) is 4.54. The average Bonchev–Trinajstić information content (AvgIpc) is 2.15. The molecule has 2 unspecified atom stereocenters. The third-order valence-corrected chi connectivity index (χ3v) is 2.90. The van der Waals surface area contributed by atoms with Crippen LogP contribution in [0, 0.1) is 0 Å². The number of carbonyl (C=O) groups excluding carboxylic acids is 1. The molecule has 0 heterocycles. The summed E-state index contributed by atoms with van der Waals surface area (Å²) in [7, 11) is 0. The number of nitrogens with one attached hydrogen (secondary N) is 1. The minimum atomic E-state index is -0.364. The van der Waals surface area contributed by atoms with Gasteiger partial charge in [0.1, 0.15) is 6.10 Å². The molecule has 0 bridgehead atoms. The zero-order valence-electron chi connectivity index (χ0n) is 9.82. The molecular formula is C11H22N2O2. The topological polar surface area (TPSA) is 64.3 Å². The van der Waals surface area contributed by atoms with Gasteiger partial charge >= 0.3 is 0 Å². The Morgan fingerprint density at radius 1 is 1.53 bits per heavy atom. The van der Waals surface area contributed by atoms with Gasteiger partial charge in [0.2, 0.25) is 5.91 Å². The Hall–Kier alpha value is -0.610. The predicted molar refractivity (Wildman–Crippen MR) is 59.4 cm³/mol. The Bertz CT molecular complexity index is 215. The molecule has 15 heavy (non-hydrogen) atoms. The fraction of sp³-hybridized carbons (Fsp3) is 0.909. The maximum atomic E-state index is 11.6. The normalized spacial score (nSPS) is 29.1. The molecule has 88 valence electrons. The van der Waals surface area contributed by atoms with Crippen molar-refractivity contribution in [2.45, 2.75) is 64.3 Å².